The summed E-state index contributed by atoms with van der Waals surface area (Å²) in [6, 6.07) is 40.1. The maximum Gasteiger partial charge on any atom is 0.145 e. The van der Waals surface area contributed by atoms with Gasteiger partial charge in [0.1, 0.15) is 5.65 Å². The van der Waals surface area contributed by atoms with E-state index in [4.69, 9.17) is 4.98 Å². The number of para-hydroxylation sites is 1. The molecule has 0 unspecified atom stereocenters. The van der Waals surface area contributed by atoms with Crippen molar-refractivity contribution in [1.82, 2.24) is 9.55 Å². The monoisotopic (exact) mass is 450 g/mol. The van der Waals surface area contributed by atoms with E-state index < -0.39 is 5.41 Å². The smallest absolute Gasteiger partial charge is 0.145 e. The Kier molecular flexibility index (Phi) is 4.28. The van der Waals surface area contributed by atoms with E-state index in [0.29, 0.717) is 5.92 Å². The summed E-state index contributed by atoms with van der Waals surface area (Å²) in [6.07, 6.45) is 1.91. The van der Waals surface area contributed by atoms with Gasteiger partial charge in [-0.05, 0) is 51.9 Å². The molecule has 1 aliphatic rings. The predicted octanol–water partition coefficient (Wildman–Crippen LogP) is 8.00. The molecule has 0 fully saturated rings. The Bertz CT molecular complexity index is 1670. The lowest BCUT2D eigenvalue weighted by atomic mass is 9.63. The third-order valence-corrected chi connectivity index (χ3v) is 7.70. The van der Waals surface area contributed by atoms with Crippen LogP contribution in [0.15, 0.2) is 115 Å². The fraction of sp³-hybridized carbons (Fsp3) is 0.121. The van der Waals surface area contributed by atoms with E-state index in [0.717, 1.165) is 5.65 Å². The van der Waals surface area contributed by atoms with Gasteiger partial charge in [0.25, 0.3) is 0 Å². The number of nitrogens with zero attached hydrogens (tertiary/aromatic N) is 2. The van der Waals surface area contributed by atoms with Gasteiger partial charge in [0, 0.05) is 17.0 Å². The van der Waals surface area contributed by atoms with Crippen LogP contribution in [-0.4, -0.2) is 9.55 Å². The first-order valence-corrected chi connectivity index (χ1v) is 12.4. The van der Waals surface area contributed by atoms with Crippen LogP contribution in [0.4, 0.5) is 0 Å². The summed E-state index contributed by atoms with van der Waals surface area (Å²) in [4.78, 5) is 4.89. The highest BCUT2D eigenvalue weighted by atomic mass is 15.1. The predicted molar refractivity (Wildman–Crippen MR) is 145 cm³/mol. The molecule has 2 aromatic heterocycles. The molecule has 6 aromatic rings. The summed E-state index contributed by atoms with van der Waals surface area (Å²) in [6.45, 7) is 4.53. The van der Waals surface area contributed by atoms with Gasteiger partial charge < -0.3 is 0 Å². The van der Waals surface area contributed by atoms with Crippen molar-refractivity contribution in [2.75, 3.05) is 0 Å². The maximum absolute atomic E-state index is 4.89. The molecular formula is C33H26N2. The first-order valence-electron chi connectivity index (χ1n) is 12.4. The van der Waals surface area contributed by atoms with Crippen LogP contribution in [0.3, 0.4) is 0 Å². The van der Waals surface area contributed by atoms with Crippen molar-refractivity contribution in [3.63, 3.8) is 0 Å². The van der Waals surface area contributed by atoms with Crippen molar-refractivity contribution in [2.24, 2.45) is 0 Å². The molecule has 7 rings (SSSR count). The van der Waals surface area contributed by atoms with Crippen LogP contribution in [-0.2, 0) is 5.41 Å². The van der Waals surface area contributed by atoms with Gasteiger partial charge in [-0.2, -0.15) is 0 Å². The number of fused-ring (bicyclic) bond motifs is 5. The zero-order valence-corrected chi connectivity index (χ0v) is 19.9. The van der Waals surface area contributed by atoms with E-state index in [1.165, 1.54) is 49.8 Å². The Labute approximate surface area is 205 Å². The Balaban J connectivity index is 1.77. The van der Waals surface area contributed by atoms with Gasteiger partial charge in [-0.3, -0.25) is 4.57 Å². The molecule has 0 aliphatic carbocycles. The molecule has 0 bridgehead atoms. The van der Waals surface area contributed by atoms with Gasteiger partial charge in [0.05, 0.1) is 16.6 Å². The zero-order chi connectivity index (χ0) is 23.6. The van der Waals surface area contributed by atoms with E-state index in [-0.39, 0.29) is 0 Å². The summed E-state index contributed by atoms with van der Waals surface area (Å²) in [7, 11) is 0. The van der Waals surface area contributed by atoms with Gasteiger partial charge in [-0.15, -0.1) is 0 Å². The quantitative estimate of drug-likeness (QED) is 0.267. The Hall–Kier alpha value is -4.17. The molecular weight excluding hydrogens is 424 g/mol. The lowest BCUT2D eigenvalue weighted by Gasteiger charge is -2.41. The lowest BCUT2D eigenvalue weighted by molar-refractivity contribution is 0.723. The van der Waals surface area contributed by atoms with Crippen molar-refractivity contribution in [3.8, 4) is 5.69 Å². The summed E-state index contributed by atoms with van der Waals surface area (Å²) < 4.78 is 2.41. The highest BCUT2D eigenvalue weighted by Gasteiger charge is 2.45. The number of aromatic nitrogens is 2. The van der Waals surface area contributed by atoms with Crippen LogP contribution in [0.25, 0.3) is 27.6 Å². The van der Waals surface area contributed by atoms with E-state index >= 15 is 0 Å². The minimum absolute atomic E-state index is 0.433. The first-order chi connectivity index (χ1) is 17.2. The fourth-order valence-electron chi connectivity index (χ4n) is 6.15. The average molecular weight is 451 g/mol. The third kappa shape index (κ3) is 2.62. The molecule has 0 amide bonds. The van der Waals surface area contributed by atoms with Gasteiger partial charge >= 0.3 is 0 Å². The highest BCUT2D eigenvalue weighted by molar-refractivity contribution is 6.10. The molecule has 35 heavy (non-hydrogen) atoms. The second kappa shape index (κ2) is 7.41. The van der Waals surface area contributed by atoms with Crippen molar-refractivity contribution in [1.29, 1.82) is 0 Å². The minimum atomic E-state index is -0.433. The molecule has 2 nitrogen and oxygen atoms in total. The highest BCUT2D eigenvalue weighted by Crippen LogP contribution is 2.54. The Morgan fingerprint density at radius 1 is 0.657 bits per heavy atom. The van der Waals surface area contributed by atoms with Crippen LogP contribution in [0.2, 0.25) is 0 Å². The molecule has 0 atom stereocenters. The molecule has 2 heteroatoms. The Morgan fingerprint density at radius 2 is 1.34 bits per heavy atom. The molecule has 4 aromatic carbocycles. The number of benzene rings is 4. The summed E-state index contributed by atoms with van der Waals surface area (Å²) >= 11 is 0. The van der Waals surface area contributed by atoms with Crippen molar-refractivity contribution in [2.45, 2.75) is 25.2 Å². The first kappa shape index (κ1) is 20.2. The van der Waals surface area contributed by atoms with Gasteiger partial charge in [0.15, 0.2) is 0 Å². The number of hydrogen-bond donors (Lipinski definition) is 0. The number of hydrogen-bond acceptors (Lipinski definition) is 1. The zero-order valence-electron chi connectivity index (χ0n) is 19.9. The normalized spacial score (nSPS) is 13.9. The van der Waals surface area contributed by atoms with Crippen molar-refractivity contribution in [3.05, 3.63) is 143 Å². The average Bonchev–Trinajstić information content (AvgIpc) is 3.26. The van der Waals surface area contributed by atoms with E-state index in [9.17, 15) is 0 Å². The number of rotatable bonds is 3. The second-order valence-corrected chi connectivity index (χ2v) is 9.83. The van der Waals surface area contributed by atoms with E-state index in [1.807, 2.05) is 12.3 Å². The largest absolute Gasteiger partial charge is 0.293 e. The summed E-state index contributed by atoms with van der Waals surface area (Å²) in [5.74, 6) is 0.436. The maximum atomic E-state index is 4.89. The van der Waals surface area contributed by atoms with Gasteiger partial charge in [-0.25, -0.2) is 4.98 Å². The van der Waals surface area contributed by atoms with Crippen LogP contribution in [0, 0.1) is 0 Å². The topological polar surface area (TPSA) is 17.8 Å². The summed E-state index contributed by atoms with van der Waals surface area (Å²) in [5, 5.41) is 2.45. The van der Waals surface area contributed by atoms with Crippen molar-refractivity contribution >= 4 is 21.9 Å². The van der Waals surface area contributed by atoms with Crippen LogP contribution >= 0.6 is 0 Å². The van der Waals surface area contributed by atoms with E-state index in [1.54, 1.807) is 0 Å². The van der Waals surface area contributed by atoms with Gasteiger partial charge in [-0.1, -0.05) is 105 Å². The number of pyridine rings is 1. The minimum Gasteiger partial charge on any atom is -0.293 e. The SMILES string of the molecule is CC(C)c1ccc2c(c1)-n1c3ncccc3c3cccc(c31)C2(c1ccccc1)c1ccccc1. The van der Waals surface area contributed by atoms with Crippen LogP contribution < -0.4 is 0 Å². The van der Waals surface area contributed by atoms with Gasteiger partial charge in [0.2, 0.25) is 0 Å². The standard InChI is InChI=1S/C33H26N2/c1-22(2)23-18-19-28-30(21-23)35-31-26(27-16-10-20-34-32(27)35)15-9-17-29(31)33(28,24-11-5-3-6-12-24)25-13-7-4-8-14-25/h3-22H,1-2H3. The fourth-order valence-corrected chi connectivity index (χ4v) is 6.15. The van der Waals surface area contributed by atoms with E-state index in [2.05, 4.69) is 122 Å². The lowest BCUT2D eigenvalue weighted by Crippen LogP contribution is -2.35. The third-order valence-electron chi connectivity index (χ3n) is 7.70. The molecule has 3 heterocycles. The molecule has 0 N–H and O–H groups in total. The molecule has 0 saturated heterocycles. The molecule has 168 valence electrons. The second-order valence-electron chi connectivity index (χ2n) is 9.83. The van der Waals surface area contributed by atoms with Crippen LogP contribution in [0.1, 0.15) is 47.6 Å². The Morgan fingerprint density at radius 3 is 2.03 bits per heavy atom. The van der Waals surface area contributed by atoms with Crippen LogP contribution in [0.5, 0.6) is 0 Å². The molecule has 0 saturated carbocycles. The molecule has 0 radical (unpaired) electrons. The van der Waals surface area contributed by atoms with Crippen molar-refractivity contribution < 1.29 is 0 Å². The molecule has 1 aliphatic heterocycles. The summed E-state index contributed by atoms with van der Waals surface area (Å²) in [5.41, 5.74) is 9.55. The molecule has 0 spiro atoms.